The van der Waals surface area contributed by atoms with E-state index < -0.39 is 0 Å². The zero-order valence-corrected chi connectivity index (χ0v) is 10.0. The summed E-state index contributed by atoms with van der Waals surface area (Å²) in [6.45, 7) is 1.80. The molecule has 0 radical (unpaired) electrons. The van der Waals surface area contributed by atoms with Gasteiger partial charge in [0.1, 0.15) is 5.75 Å². The lowest BCUT2D eigenvalue weighted by atomic mass is 10.1. The Kier molecular flexibility index (Phi) is 4.42. The van der Waals surface area contributed by atoms with Gasteiger partial charge in [0.25, 0.3) is 0 Å². The average Bonchev–Trinajstić information content (AvgIpc) is 2.14. The summed E-state index contributed by atoms with van der Waals surface area (Å²) in [6, 6.07) is 5.95. The van der Waals surface area contributed by atoms with Crippen LogP contribution in [0.25, 0.3) is 0 Å². The van der Waals surface area contributed by atoms with E-state index in [2.05, 4.69) is 15.9 Å². The molecule has 0 aliphatic rings. The fourth-order valence-corrected chi connectivity index (χ4v) is 1.91. The molecule has 1 unspecified atom stereocenters. The van der Waals surface area contributed by atoms with Gasteiger partial charge in [-0.3, -0.25) is 0 Å². The summed E-state index contributed by atoms with van der Waals surface area (Å²) >= 11 is 3.43. The highest BCUT2D eigenvalue weighted by atomic mass is 79.9. The fraction of sp³-hybridized carbons (Fsp3) is 0.455. The van der Waals surface area contributed by atoms with E-state index in [1.54, 1.807) is 14.0 Å². The second-order valence-electron chi connectivity index (χ2n) is 3.32. The van der Waals surface area contributed by atoms with Gasteiger partial charge in [-0.15, -0.1) is 0 Å². The van der Waals surface area contributed by atoms with Crippen molar-refractivity contribution >= 4 is 15.9 Å². The van der Waals surface area contributed by atoms with Crippen LogP contribution in [0, 0.1) is 0 Å². The molecule has 0 bridgehead atoms. The summed E-state index contributed by atoms with van der Waals surface area (Å²) in [7, 11) is 1.66. The van der Waals surface area contributed by atoms with Gasteiger partial charge in [-0.1, -0.05) is 12.1 Å². The first-order valence-corrected chi connectivity index (χ1v) is 5.44. The van der Waals surface area contributed by atoms with Crippen LogP contribution in [0.4, 0.5) is 0 Å². The third kappa shape index (κ3) is 3.00. The molecule has 1 atom stereocenters. The van der Waals surface area contributed by atoms with E-state index in [4.69, 9.17) is 4.74 Å². The minimum Gasteiger partial charge on any atom is -0.495 e. The molecule has 1 aromatic carbocycles. The number of hydrogen-bond donors (Lipinski definition) is 1. The number of aliphatic hydroxyl groups is 1. The van der Waals surface area contributed by atoms with Gasteiger partial charge in [0.15, 0.2) is 0 Å². The molecule has 1 rings (SSSR count). The summed E-state index contributed by atoms with van der Waals surface area (Å²) < 4.78 is 6.24. The fourth-order valence-electron chi connectivity index (χ4n) is 1.34. The molecule has 0 spiro atoms. The van der Waals surface area contributed by atoms with Gasteiger partial charge in [-0.25, -0.2) is 0 Å². The molecule has 0 aliphatic heterocycles. The Balaban J connectivity index is 2.80. The molecule has 0 saturated carbocycles. The Morgan fingerprint density at radius 2 is 2.21 bits per heavy atom. The predicted octanol–water partition coefficient (Wildman–Crippen LogP) is 2.77. The Morgan fingerprint density at radius 1 is 1.50 bits per heavy atom. The van der Waals surface area contributed by atoms with Crippen molar-refractivity contribution in [2.75, 3.05) is 7.11 Å². The monoisotopic (exact) mass is 258 g/mol. The molecular weight excluding hydrogens is 244 g/mol. The van der Waals surface area contributed by atoms with Crippen molar-refractivity contribution < 1.29 is 9.84 Å². The van der Waals surface area contributed by atoms with E-state index in [9.17, 15) is 5.11 Å². The quantitative estimate of drug-likeness (QED) is 0.900. The Labute approximate surface area is 93.0 Å². The highest BCUT2D eigenvalue weighted by molar-refractivity contribution is 9.10. The zero-order valence-electron chi connectivity index (χ0n) is 8.46. The number of hydrogen-bond acceptors (Lipinski definition) is 2. The molecule has 0 fully saturated rings. The standard InChI is InChI=1S/C11H15BrO2/c1-8(13)6-7-9-4-3-5-10(12)11(9)14-2/h3-5,8,13H,6-7H2,1-2H3. The first kappa shape index (κ1) is 11.5. The van der Waals surface area contributed by atoms with Crippen LogP contribution in [0.3, 0.4) is 0 Å². The maximum absolute atomic E-state index is 9.19. The number of methoxy groups -OCH3 is 1. The second kappa shape index (κ2) is 5.37. The van der Waals surface area contributed by atoms with Crippen LogP contribution < -0.4 is 4.74 Å². The molecular formula is C11H15BrO2. The second-order valence-corrected chi connectivity index (χ2v) is 4.17. The number of para-hydroxylation sites is 1. The summed E-state index contributed by atoms with van der Waals surface area (Å²) in [4.78, 5) is 0. The highest BCUT2D eigenvalue weighted by Gasteiger charge is 2.07. The van der Waals surface area contributed by atoms with E-state index in [-0.39, 0.29) is 6.10 Å². The van der Waals surface area contributed by atoms with Gasteiger partial charge in [-0.05, 0) is 47.3 Å². The minimum absolute atomic E-state index is 0.265. The summed E-state index contributed by atoms with van der Waals surface area (Å²) in [5.74, 6) is 0.869. The molecule has 0 aromatic heterocycles. The molecule has 14 heavy (non-hydrogen) atoms. The van der Waals surface area contributed by atoms with Crippen molar-refractivity contribution in [1.82, 2.24) is 0 Å². The van der Waals surface area contributed by atoms with Crippen LogP contribution in [0.2, 0.25) is 0 Å². The molecule has 3 heteroatoms. The van der Waals surface area contributed by atoms with Gasteiger partial charge in [-0.2, -0.15) is 0 Å². The average molecular weight is 259 g/mol. The summed E-state index contributed by atoms with van der Waals surface area (Å²) in [5, 5.41) is 9.19. The predicted molar refractivity (Wildman–Crippen MR) is 60.7 cm³/mol. The molecule has 1 aromatic rings. The molecule has 78 valence electrons. The Bertz CT molecular complexity index is 297. The topological polar surface area (TPSA) is 29.5 Å². The lowest BCUT2D eigenvalue weighted by Gasteiger charge is -2.10. The number of aryl methyl sites for hydroxylation is 1. The van der Waals surface area contributed by atoms with Crippen molar-refractivity contribution in [3.8, 4) is 5.75 Å². The summed E-state index contributed by atoms with van der Waals surface area (Å²) in [6.07, 6.45) is 1.33. The number of aliphatic hydroxyl groups excluding tert-OH is 1. The lowest BCUT2D eigenvalue weighted by molar-refractivity contribution is 0.184. The van der Waals surface area contributed by atoms with E-state index in [1.165, 1.54) is 0 Å². The van der Waals surface area contributed by atoms with Crippen LogP contribution in [0.15, 0.2) is 22.7 Å². The first-order valence-electron chi connectivity index (χ1n) is 4.64. The molecule has 0 saturated heterocycles. The van der Waals surface area contributed by atoms with Crippen LogP contribution in [0.1, 0.15) is 18.9 Å². The Morgan fingerprint density at radius 3 is 2.79 bits per heavy atom. The SMILES string of the molecule is COc1c(Br)cccc1CCC(C)O. The molecule has 0 amide bonds. The maximum atomic E-state index is 9.19. The van der Waals surface area contributed by atoms with Crippen LogP contribution in [-0.2, 0) is 6.42 Å². The maximum Gasteiger partial charge on any atom is 0.136 e. The van der Waals surface area contributed by atoms with Crippen molar-refractivity contribution in [2.45, 2.75) is 25.9 Å². The molecule has 1 N–H and O–H groups in total. The van der Waals surface area contributed by atoms with E-state index in [0.29, 0.717) is 0 Å². The van der Waals surface area contributed by atoms with Gasteiger partial charge >= 0.3 is 0 Å². The van der Waals surface area contributed by atoms with Crippen LogP contribution in [-0.4, -0.2) is 18.3 Å². The number of benzene rings is 1. The van der Waals surface area contributed by atoms with Crippen molar-refractivity contribution in [2.24, 2.45) is 0 Å². The lowest BCUT2D eigenvalue weighted by Crippen LogP contribution is -2.02. The van der Waals surface area contributed by atoms with Crippen molar-refractivity contribution in [1.29, 1.82) is 0 Å². The van der Waals surface area contributed by atoms with Crippen LogP contribution >= 0.6 is 15.9 Å². The van der Waals surface area contributed by atoms with E-state index in [1.807, 2.05) is 18.2 Å². The minimum atomic E-state index is -0.265. The summed E-state index contributed by atoms with van der Waals surface area (Å²) in [5.41, 5.74) is 1.13. The molecule has 0 aliphatic carbocycles. The van der Waals surface area contributed by atoms with Gasteiger partial charge in [0.05, 0.1) is 17.7 Å². The van der Waals surface area contributed by atoms with E-state index in [0.717, 1.165) is 28.6 Å². The Hall–Kier alpha value is -0.540. The van der Waals surface area contributed by atoms with Crippen molar-refractivity contribution in [3.63, 3.8) is 0 Å². The zero-order chi connectivity index (χ0) is 10.6. The van der Waals surface area contributed by atoms with Crippen LogP contribution in [0.5, 0.6) is 5.75 Å². The first-order chi connectivity index (χ1) is 6.65. The smallest absolute Gasteiger partial charge is 0.136 e. The molecule has 0 heterocycles. The van der Waals surface area contributed by atoms with Crippen molar-refractivity contribution in [3.05, 3.63) is 28.2 Å². The largest absolute Gasteiger partial charge is 0.495 e. The molecule has 2 nitrogen and oxygen atoms in total. The number of ether oxygens (including phenoxy) is 1. The van der Waals surface area contributed by atoms with Gasteiger partial charge in [0, 0.05) is 0 Å². The third-order valence-corrected chi connectivity index (χ3v) is 2.71. The van der Waals surface area contributed by atoms with E-state index >= 15 is 0 Å². The van der Waals surface area contributed by atoms with Gasteiger partial charge < -0.3 is 9.84 Å². The van der Waals surface area contributed by atoms with Gasteiger partial charge in [0.2, 0.25) is 0 Å². The number of rotatable bonds is 4. The third-order valence-electron chi connectivity index (χ3n) is 2.08. The number of halogens is 1. The normalized spacial score (nSPS) is 12.6. The highest BCUT2D eigenvalue weighted by Crippen LogP contribution is 2.29.